The topological polar surface area (TPSA) is 75.7 Å². The number of carbonyl (C=O) groups is 3. The van der Waals surface area contributed by atoms with E-state index < -0.39 is 5.41 Å². The Labute approximate surface area is 181 Å². The van der Waals surface area contributed by atoms with Crippen molar-refractivity contribution in [2.45, 2.75) is 44.1 Å². The van der Waals surface area contributed by atoms with E-state index in [4.69, 9.17) is 4.74 Å². The van der Waals surface area contributed by atoms with Crippen LogP contribution in [0.2, 0.25) is 0 Å². The van der Waals surface area contributed by atoms with Gasteiger partial charge in [0.2, 0.25) is 17.7 Å². The number of ether oxygens (including phenoxy) is 1. The summed E-state index contributed by atoms with van der Waals surface area (Å²) in [5.41, 5.74) is 0.720. The number of imide groups is 1. The predicted octanol–water partition coefficient (Wildman–Crippen LogP) is 2.92. The molecule has 0 aliphatic carbocycles. The Morgan fingerprint density at radius 2 is 2.03 bits per heavy atom. The molecule has 1 saturated heterocycles. The molecular formula is C23H28N2O4S. The van der Waals surface area contributed by atoms with Crippen molar-refractivity contribution in [2.75, 3.05) is 20.3 Å². The number of carbonyl (C=O) groups excluding carboxylic acids is 3. The van der Waals surface area contributed by atoms with E-state index in [2.05, 4.69) is 10.7 Å². The van der Waals surface area contributed by atoms with Crippen molar-refractivity contribution >= 4 is 29.1 Å². The summed E-state index contributed by atoms with van der Waals surface area (Å²) >= 11 is 1.62. The van der Waals surface area contributed by atoms with Gasteiger partial charge in [-0.15, -0.1) is 0 Å². The highest BCUT2D eigenvalue weighted by molar-refractivity contribution is 7.07. The number of amides is 3. The lowest BCUT2D eigenvalue weighted by molar-refractivity contribution is -0.141. The number of nitrogens with zero attached hydrogens (tertiary/aromatic N) is 1. The van der Waals surface area contributed by atoms with E-state index in [1.165, 1.54) is 10.5 Å². The molecule has 0 saturated carbocycles. The molecule has 2 atom stereocenters. The molecule has 0 radical (unpaired) electrons. The van der Waals surface area contributed by atoms with E-state index in [0.717, 1.165) is 6.42 Å². The van der Waals surface area contributed by atoms with E-state index in [-0.39, 0.29) is 36.6 Å². The smallest absolute Gasteiger partial charge is 0.240 e. The zero-order valence-electron chi connectivity index (χ0n) is 17.4. The number of methoxy groups -OCH3 is 1. The van der Waals surface area contributed by atoms with Gasteiger partial charge in [0, 0.05) is 39.1 Å². The van der Waals surface area contributed by atoms with E-state index in [1.54, 1.807) is 18.4 Å². The minimum Gasteiger partial charge on any atom is -0.385 e. The largest absolute Gasteiger partial charge is 0.385 e. The lowest BCUT2D eigenvalue weighted by Crippen LogP contribution is -2.44. The maximum atomic E-state index is 13.4. The summed E-state index contributed by atoms with van der Waals surface area (Å²) in [4.78, 5) is 40.3. The Kier molecular flexibility index (Phi) is 7.39. The number of hydrogen-bond acceptors (Lipinski definition) is 5. The molecule has 7 heteroatoms. The zero-order chi connectivity index (χ0) is 21.6. The molecule has 1 aromatic carbocycles. The Bertz CT molecular complexity index is 869. The highest BCUT2D eigenvalue weighted by Crippen LogP contribution is 2.40. The van der Waals surface area contributed by atoms with E-state index >= 15 is 0 Å². The summed E-state index contributed by atoms with van der Waals surface area (Å²) in [5.74, 6) is -0.754. The van der Waals surface area contributed by atoms with Gasteiger partial charge in [-0.25, -0.2) is 0 Å². The van der Waals surface area contributed by atoms with Crippen LogP contribution in [0, 0.1) is 0 Å². The van der Waals surface area contributed by atoms with Crippen LogP contribution >= 0.6 is 11.3 Å². The second-order valence-electron chi connectivity index (χ2n) is 7.80. The highest BCUT2D eigenvalue weighted by atomic mass is 32.1. The second kappa shape index (κ2) is 10.00. The maximum Gasteiger partial charge on any atom is 0.240 e. The summed E-state index contributed by atoms with van der Waals surface area (Å²) < 4.78 is 5.05. The average Bonchev–Trinajstić information content (AvgIpc) is 3.31. The van der Waals surface area contributed by atoms with Crippen molar-refractivity contribution in [2.24, 2.45) is 0 Å². The number of likely N-dealkylation sites (tertiary alicyclic amines) is 1. The van der Waals surface area contributed by atoms with Crippen molar-refractivity contribution in [1.29, 1.82) is 0 Å². The molecule has 1 aliphatic rings. The van der Waals surface area contributed by atoms with Crippen LogP contribution in [0.5, 0.6) is 0 Å². The van der Waals surface area contributed by atoms with Crippen LogP contribution < -0.4 is 5.32 Å². The van der Waals surface area contributed by atoms with Crippen LogP contribution in [0.4, 0.5) is 0 Å². The highest BCUT2D eigenvalue weighted by Gasteiger charge is 2.53. The van der Waals surface area contributed by atoms with Gasteiger partial charge in [-0.1, -0.05) is 30.3 Å². The molecule has 3 rings (SSSR count). The predicted molar refractivity (Wildman–Crippen MR) is 116 cm³/mol. The Morgan fingerprint density at radius 3 is 2.70 bits per heavy atom. The normalized spacial score (nSPS) is 19.9. The standard InChI is InChI=1S/C23H28N2O4S/c1-17(13-18-9-12-30-16-18)24-20(26)14-23(19-7-4-3-5-8-19)15-21(27)25(22(23)28)10-6-11-29-2/h3-5,7-9,12,16-17H,6,10-11,13-15H2,1-2H3,(H,24,26)/t17-,23+/m1/s1. The summed E-state index contributed by atoms with van der Waals surface area (Å²) in [6.45, 7) is 2.72. The summed E-state index contributed by atoms with van der Waals surface area (Å²) in [6, 6.07) is 11.1. The van der Waals surface area contributed by atoms with Crippen molar-refractivity contribution in [3.05, 3.63) is 58.3 Å². The van der Waals surface area contributed by atoms with Crippen LogP contribution in [0.25, 0.3) is 0 Å². The summed E-state index contributed by atoms with van der Waals surface area (Å²) in [7, 11) is 1.59. The molecule has 0 unspecified atom stereocenters. The number of rotatable bonds is 10. The lowest BCUT2D eigenvalue weighted by atomic mass is 9.75. The van der Waals surface area contributed by atoms with Gasteiger partial charge in [-0.3, -0.25) is 19.3 Å². The quantitative estimate of drug-likeness (QED) is 0.466. The van der Waals surface area contributed by atoms with Gasteiger partial charge in [0.25, 0.3) is 0 Å². The van der Waals surface area contributed by atoms with Crippen LogP contribution in [-0.2, 0) is 31.0 Å². The molecule has 6 nitrogen and oxygen atoms in total. The molecule has 30 heavy (non-hydrogen) atoms. The molecule has 1 aliphatic heterocycles. The van der Waals surface area contributed by atoms with Crippen molar-refractivity contribution in [3.8, 4) is 0 Å². The van der Waals surface area contributed by atoms with Gasteiger partial charge < -0.3 is 10.1 Å². The SMILES string of the molecule is COCCCN1C(=O)C[C@@](CC(=O)N[C@H](C)Cc2ccsc2)(c2ccccc2)C1=O. The Morgan fingerprint density at radius 1 is 1.27 bits per heavy atom. The summed E-state index contributed by atoms with van der Waals surface area (Å²) in [5, 5.41) is 7.08. The third kappa shape index (κ3) is 4.96. The minimum absolute atomic E-state index is 0.00909. The Balaban J connectivity index is 1.77. The molecular weight excluding hydrogens is 400 g/mol. The third-order valence-electron chi connectivity index (χ3n) is 5.46. The fourth-order valence-electron chi connectivity index (χ4n) is 4.03. The molecule has 0 bridgehead atoms. The molecule has 1 aromatic heterocycles. The molecule has 0 spiro atoms. The van der Waals surface area contributed by atoms with Crippen molar-refractivity contribution < 1.29 is 19.1 Å². The number of nitrogens with one attached hydrogen (secondary N) is 1. The van der Waals surface area contributed by atoms with E-state index in [1.807, 2.05) is 48.7 Å². The van der Waals surface area contributed by atoms with Gasteiger partial charge in [-0.05, 0) is 47.7 Å². The first kappa shape index (κ1) is 22.2. The first-order chi connectivity index (χ1) is 14.5. The van der Waals surface area contributed by atoms with Crippen LogP contribution in [0.3, 0.4) is 0 Å². The zero-order valence-corrected chi connectivity index (χ0v) is 18.2. The monoisotopic (exact) mass is 428 g/mol. The third-order valence-corrected chi connectivity index (χ3v) is 6.19. The molecule has 2 aromatic rings. The van der Waals surface area contributed by atoms with Gasteiger partial charge in [0.05, 0.1) is 5.41 Å². The first-order valence-corrected chi connectivity index (χ1v) is 11.1. The first-order valence-electron chi connectivity index (χ1n) is 10.2. The number of thiophene rings is 1. The van der Waals surface area contributed by atoms with Gasteiger partial charge in [-0.2, -0.15) is 11.3 Å². The number of benzene rings is 1. The lowest BCUT2D eigenvalue weighted by Gasteiger charge is -2.27. The van der Waals surface area contributed by atoms with Crippen LogP contribution in [0.15, 0.2) is 47.2 Å². The van der Waals surface area contributed by atoms with Gasteiger partial charge in [0.15, 0.2) is 0 Å². The Hall–Kier alpha value is -2.51. The second-order valence-corrected chi connectivity index (χ2v) is 8.58. The molecule has 3 amide bonds. The van der Waals surface area contributed by atoms with E-state index in [9.17, 15) is 14.4 Å². The van der Waals surface area contributed by atoms with Gasteiger partial charge in [0.1, 0.15) is 0 Å². The fraction of sp³-hybridized carbons (Fsp3) is 0.435. The molecule has 1 fully saturated rings. The minimum atomic E-state index is -1.16. The molecule has 160 valence electrons. The summed E-state index contributed by atoms with van der Waals surface area (Å²) in [6.07, 6.45) is 1.26. The van der Waals surface area contributed by atoms with Crippen LogP contribution in [0.1, 0.15) is 37.3 Å². The van der Waals surface area contributed by atoms with E-state index in [0.29, 0.717) is 25.1 Å². The van der Waals surface area contributed by atoms with Crippen molar-refractivity contribution in [3.63, 3.8) is 0 Å². The molecule has 1 N–H and O–H groups in total. The van der Waals surface area contributed by atoms with Gasteiger partial charge >= 0.3 is 0 Å². The molecule has 2 heterocycles. The fourth-order valence-corrected chi connectivity index (χ4v) is 4.71. The van der Waals surface area contributed by atoms with Crippen LogP contribution in [-0.4, -0.2) is 48.9 Å². The van der Waals surface area contributed by atoms with Crippen molar-refractivity contribution in [1.82, 2.24) is 10.2 Å². The number of hydrogen-bond donors (Lipinski definition) is 1. The maximum absolute atomic E-state index is 13.4. The average molecular weight is 429 g/mol.